The van der Waals surface area contributed by atoms with Crippen molar-refractivity contribution in [3.63, 3.8) is 0 Å². The Morgan fingerprint density at radius 2 is 2.05 bits per heavy atom. The van der Waals surface area contributed by atoms with E-state index in [-0.39, 0.29) is 0 Å². The van der Waals surface area contributed by atoms with Crippen molar-refractivity contribution < 1.29 is 0 Å². The van der Waals surface area contributed by atoms with Gasteiger partial charge in [-0.15, -0.1) is 0 Å². The number of likely N-dealkylation sites (tertiary alicyclic amines) is 1. The van der Waals surface area contributed by atoms with E-state index in [0.29, 0.717) is 6.04 Å². The third kappa shape index (κ3) is 3.97. The zero-order chi connectivity index (χ0) is 13.7. The fraction of sp³-hybridized carbons (Fsp3) is 0.562. The Kier molecular flexibility index (Phi) is 4.81. The van der Waals surface area contributed by atoms with Crippen molar-refractivity contribution >= 4 is 5.69 Å². The Balaban J connectivity index is 1.89. The molecule has 102 valence electrons. The van der Waals surface area contributed by atoms with Crippen LogP contribution in [-0.4, -0.2) is 30.6 Å². The van der Waals surface area contributed by atoms with Gasteiger partial charge in [-0.05, 0) is 63.5 Å². The highest BCUT2D eigenvalue weighted by Crippen LogP contribution is 2.16. The highest BCUT2D eigenvalue weighted by molar-refractivity contribution is 5.52. The molecule has 0 spiro atoms. The third-order valence-electron chi connectivity index (χ3n) is 3.74. The van der Waals surface area contributed by atoms with Crippen LogP contribution < -0.4 is 5.32 Å². The maximum atomic E-state index is 8.93. The monoisotopic (exact) mass is 257 g/mol. The summed E-state index contributed by atoms with van der Waals surface area (Å²) in [6.45, 7) is 7.77. The first-order valence-corrected chi connectivity index (χ1v) is 7.18. The van der Waals surface area contributed by atoms with Gasteiger partial charge in [-0.2, -0.15) is 5.26 Å². The van der Waals surface area contributed by atoms with E-state index < -0.39 is 0 Å². The summed E-state index contributed by atoms with van der Waals surface area (Å²) in [6, 6.07) is 8.59. The van der Waals surface area contributed by atoms with Crippen LogP contribution in [0, 0.1) is 18.3 Å². The molecular weight excluding hydrogens is 234 g/mol. The van der Waals surface area contributed by atoms with Crippen LogP contribution in [-0.2, 0) is 0 Å². The summed E-state index contributed by atoms with van der Waals surface area (Å²) < 4.78 is 0. The summed E-state index contributed by atoms with van der Waals surface area (Å²) in [5, 5.41) is 12.5. The quantitative estimate of drug-likeness (QED) is 0.900. The largest absolute Gasteiger partial charge is 0.381 e. The normalized spacial score (nSPS) is 17.7. The van der Waals surface area contributed by atoms with Crippen molar-refractivity contribution in [2.75, 3.05) is 25.0 Å². The lowest BCUT2D eigenvalue weighted by Gasteiger charge is -2.29. The number of benzene rings is 1. The van der Waals surface area contributed by atoms with Crippen molar-refractivity contribution in [1.29, 1.82) is 5.26 Å². The molecule has 1 atom stereocenters. The molecule has 0 bridgehead atoms. The minimum Gasteiger partial charge on any atom is -0.381 e. The maximum absolute atomic E-state index is 8.93. The molecule has 1 aromatic rings. The van der Waals surface area contributed by atoms with Gasteiger partial charge in [0.2, 0.25) is 0 Å². The molecule has 1 aromatic carbocycles. The van der Waals surface area contributed by atoms with Crippen molar-refractivity contribution in [3.8, 4) is 6.07 Å². The number of nitriles is 1. The first kappa shape index (κ1) is 13.9. The molecule has 0 aromatic heterocycles. The van der Waals surface area contributed by atoms with Crippen molar-refractivity contribution in [1.82, 2.24) is 4.90 Å². The van der Waals surface area contributed by atoms with Crippen LogP contribution in [0.15, 0.2) is 18.2 Å². The van der Waals surface area contributed by atoms with Crippen LogP contribution in [0.3, 0.4) is 0 Å². The number of nitrogens with zero attached hydrogens (tertiary/aromatic N) is 2. The number of hydrogen-bond donors (Lipinski definition) is 1. The van der Waals surface area contributed by atoms with Gasteiger partial charge in [-0.3, -0.25) is 0 Å². The molecule has 1 aliphatic rings. The molecule has 0 aliphatic carbocycles. The molecule has 0 amide bonds. The van der Waals surface area contributed by atoms with Crippen LogP contribution in [0.25, 0.3) is 0 Å². The Morgan fingerprint density at radius 1 is 1.32 bits per heavy atom. The summed E-state index contributed by atoms with van der Waals surface area (Å²) >= 11 is 0. The lowest BCUT2D eigenvalue weighted by molar-refractivity contribution is 0.223. The summed E-state index contributed by atoms with van der Waals surface area (Å²) in [4.78, 5) is 2.54. The van der Waals surface area contributed by atoms with E-state index in [9.17, 15) is 0 Å². The first-order chi connectivity index (χ1) is 9.19. The zero-order valence-corrected chi connectivity index (χ0v) is 11.9. The van der Waals surface area contributed by atoms with Gasteiger partial charge in [-0.25, -0.2) is 0 Å². The molecule has 1 unspecified atom stereocenters. The number of piperidine rings is 1. The second kappa shape index (κ2) is 6.58. The minimum atomic E-state index is 0.436. The number of anilines is 1. The Labute approximate surface area is 116 Å². The highest BCUT2D eigenvalue weighted by Gasteiger charge is 2.13. The second-order valence-corrected chi connectivity index (χ2v) is 5.55. The topological polar surface area (TPSA) is 39.1 Å². The van der Waals surface area contributed by atoms with E-state index in [1.807, 2.05) is 19.1 Å². The molecule has 1 N–H and O–H groups in total. The number of nitrogens with one attached hydrogen (secondary N) is 1. The van der Waals surface area contributed by atoms with Gasteiger partial charge in [-0.1, -0.05) is 6.42 Å². The van der Waals surface area contributed by atoms with Gasteiger partial charge < -0.3 is 10.2 Å². The zero-order valence-electron chi connectivity index (χ0n) is 11.9. The van der Waals surface area contributed by atoms with E-state index in [4.69, 9.17) is 5.26 Å². The molecule has 1 saturated heterocycles. The molecule has 3 heteroatoms. The molecule has 1 fully saturated rings. The Morgan fingerprint density at radius 3 is 2.68 bits per heavy atom. The average Bonchev–Trinajstić information content (AvgIpc) is 2.40. The number of hydrogen-bond acceptors (Lipinski definition) is 3. The number of rotatable bonds is 4. The van der Waals surface area contributed by atoms with E-state index in [1.54, 1.807) is 0 Å². The van der Waals surface area contributed by atoms with E-state index >= 15 is 0 Å². The van der Waals surface area contributed by atoms with Crippen LogP contribution in [0.4, 0.5) is 5.69 Å². The van der Waals surface area contributed by atoms with Crippen molar-refractivity contribution in [2.45, 2.75) is 39.2 Å². The molecule has 1 heterocycles. The first-order valence-electron chi connectivity index (χ1n) is 7.18. The van der Waals surface area contributed by atoms with Crippen LogP contribution >= 0.6 is 0 Å². The highest BCUT2D eigenvalue weighted by atomic mass is 15.1. The predicted octanol–water partition coefficient (Wildman–Crippen LogP) is 3.15. The minimum absolute atomic E-state index is 0.436. The fourth-order valence-corrected chi connectivity index (χ4v) is 2.74. The van der Waals surface area contributed by atoms with Crippen molar-refractivity contribution in [2.24, 2.45) is 0 Å². The second-order valence-electron chi connectivity index (χ2n) is 5.55. The fourth-order valence-electron chi connectivity index (χ4n) is 2.74. The van der Waals surface area contributed by atoms with Crippen LogP contribution in [0.5, 0.6) is 0 Å². The standard InChI is InChI=1S/C16H23N3/c1-13-10-16(7-6-15(13)11-17)18-14(2)12-19-8-4-3-5-9-19/h6-7,10,14,18H,3-5,8-9,12H2,1-2H3. The van der Waals surface area contributed by atoms with Gasteiger partial charge in [0.15, 0.2) is 0 Å². The van der Waals surface area contributed by atoms with Crippen molar-refractivity contribution in [3.05, 3.63) is 29.3 Å². The molecule has 1 aliphatic heterocycles. The van der Waals surface area contributed by atoms with Gasteiger partial charge >= 0.3 is 0 Å². The average molecular weight is 257 g/mol. The van der Waals surface area contributed by atoms with Gasteiger partial charge in [0.25, 0.3) is 0 Å². The molecule has 2 rings (SSSR count). The molecule has 3 nitrogen and oxygen atoms in total. The Hall–Kier alpha value is -1.53. The predicted molar refractivity (Wildman–Crippen MR) is 79.3 cm³/mol. The lowest BCUT2D eigenvalue weighted by atomic mass is 10.1. The smallest absolute Gasteiger partial charge is 0.0994 e. The summed E-state index contributed by atoms with van der Waals surface area (Å²) in [5.41, 5.74) is 2.91. The van der Waals surface area contributed by atoms with Gasteiger partial charge in [0.1, 0.15) is 0 Å². The van der Waals surface area contributed by atoms with E-state index in [1.165, 1.54) is 32.4 Å². The van der Waals surface area contributed by atoms with E-state index in [2.05, 4.69) is 29.3 Å². The summed E-state index contributed by atoms with van der Waals surface area (Å²) in [5.74, 6) is 0. The molecular formula is C16H23N3. The third-order valence-corrected chi connectivity index (χ3v) is 3.74. The van der Waals surface area contributed by atoms with Gasteiger partial charge in [0.05, 0.1) is 11.6 Å². The Bertz CT molecular complexity index is 456. The molecule has 0 saturated carbocycles. The maximum Gasteiger partial charge on any atom is 0.0994 e. The molecule has 19 heavy (non-hydrogen) atoms. The van der Waals surface area contributed by atoms with E-state index in [0.717, 1.165) is 23.4 Å². The molecule has 0 radical (unpaired) electrons. The summed E-state index contributed by atoms with van der Waals surface area (Å²) in [6.07, 6.45) is 4.05. The van der Waals surface area contributed by atoms with Crippen LogP contribution in [0.2, 0.25) is 0 Å². The summed E-state index contributed by atoms with van der Waals surface area (Å²) in [7, 11) is 0. The lowest BCUT2D eigenvalue weighted by Crippen LogP contribution is -2.38. The number of aryl methyl sites for hydroxylation is 1. The van der Waals surface area contributed by atoms with Crippen LogP contribution in [0.1, 0.15) is 37.3 Å². The van der Waals surface area contributed by atoms with Gasteiger partial charge in [0, 0.05) is 18.3 Å². The SMILES string of the molecule is Cc1cc(NC(C)CN2CCCCC2)ccc1C#N.